The summed E-state index contributed by atoms with van der Waals surface area (Å²) in [5.74, 6) is 0. The van der Waals surface area contributed by atoms with Gasteiger partial charge >= 0.3 is 0 Å². The first-order chi connectivity index (χ1) is 9.20. The fourth-order valence-corrected chi connectivity index (χ4v) is 2.87. The van der Waals surface area contributed by atoms with E-state index < -0.39 is 0 Å². The number of hydrogen-bond donors (Lipinski definition) is 1. The number of rotatable bonds is 5. The van der Waals surface area contributed by atoms with Gasteiger partial charge in [-0.1, -0.05) is 24.6 Å². The molecule has 0 spiro atoms. The minimum Gasteiger partial charge on any atom is -0.327 e. The van der Waals surface area contributed by atoms with Crippen LogP contribution in [0.5, 0.6) is 0 Å². The molecular formula is C14H16ClN3S. The van der Waals surface area contributed by atoms with Gasteiger partial charge in [0.1, 0.15) is 0 Å². The molecule has 1 unspecified atom stereocenters. The molecule has 0 bridgehead atoms. The summed E-state index contributed by atoms with van der Waals surface area (Å²) in [5.41, 5.74) is 7.12. The van der Waals surface area contributed by atoms with E-state index in [0.29, 0.717) is 0 Å². The van der Waals surface area contributed by atoms with Gasteiger partial charge in [-0.2, -0.15) is 0 Å². The maximum absolute atomic E-state index is 6.29. The molecule has 0 aliphatic rings. The van der Waals surface area contributed by atoms with Crippen molar-refractivity contribution in [3.05, 3.63) is 47.2 Å². The van der Waals surface area contributed by atoms with Crippen molar-refractivity contribution in [3.8, 4) is 0 Å². The van der Waals surface area contributed by atoms with Crippen LogP contribution in [0.25, 0.3) is 0 Å². The van der Waals surface area contributed by atoms with Crippen molar-refractivity contribution in [2.45, 2.75) is 35.9 Å². The van der Waals surface area contributed by atoms with E-state index in [0.717, 1.165) is 33.5 Å². The summed E-state index contributed by atoms with van der Waals surface area (Å²) >= 11 is 7.81. The number of halogens is 1. The monoisotopic (exact) mass is 293 g/mol. The van der Waals surface area contributed by atoms with Crippen LogP contribution in [0, 0.1) is 0 Å². The normalized spacial score (nSPS) is 12.4. The van der Waals surface area contributed by atoms with E-state index in [1.54, 1.807) is 18.5 Å². The predicted molar refractivity (Wildman–Crippen MR) is 79.6 cm³/mol. The Labute approximate surface area is 122 Å². The second-order valence-corrected chi connectivity index (χ2v) is 5.64. The molecule has 0 radical (unpaired) electrons. The molecule has 0 aliphatic heterocycles. The molecule has 100 valence electrons. The van der Waals surface area contributed by atoms with E-state index in [2.05, 4.69) is 16.9 Å². The van der Waals surface area contributed by atoms with Gasteiger partial charge < -0.3 is 5.73 Å². The van der Waals surface area contributed by atoms with Crippen molar-refractivity contribution in [1.82, 2.24) is 9.97 Å². The molecule has 1 aromatic heterocycles. The second kappa shape index (κ2) is 6.89. The average molecular weight is 294 g/mol. The Bertz CT molecular complexity index is 533. The van der Waals surface area contributed by atoms with E-state index in [4.69, 9.17) is 17.3 Å². The molecule has 2 aromatic rings. The molecule has 2 N–H and O–H groups in total. The van der Waals surface area contributed by atoms with Crippen LogP contribution in [0.15, 0.2) is 46.7 Å². The maximum atomic E-state index is 6.29. The second-order valence-electron chi connectivity index (χ2n) is 4.22. The summed E-state index contributed by atoms with van der Waals surface area (Å²) in [7, 11) is 0. The summed E-state index contributed by atoms with van der Waals surface area (Å²) < 4.78 is 0. The molecule has 0 saturated carbocycles. The fourth-order valence-electron chi connectivity index (χ4n) is 1.68. The SMILES string of the molecule is CCC(N)Cc1c(Cl)cccc1Sc1ncccn1. The molecule has 0 amide bonds. The third kappa shape index (κ3) is 3.93. The smallest absolute Gasteiger partial charge is 0.192 e. The first-order valence-corrected chi connectivity index (χ1v) is 7.38. The van der Waals surface area contributed by atoms with Crippen LogP contribution >= 0.6 is 23.4 Å². The van der Waals surface area contributed by atoms with Crippen molar-refractivity contribution >= 4 is 23.4 Å². The van der Waals surface area contributed by atoms with Crippen LogP contribution < -0.4 is 5.73 Å². The Morgan fingerprint density at radius 1 is 1.26 bits per heavy atom. The van der Waals surface area contributed by atoms with Crippen LogP contribution in [-0.2, 0) is 6.42 Å². The van der Waals surface area contributed by atoms with Gasteiger partial charge in [-0.25, -0.2) is 9.97 Å². The number of nitrogens with zero attached hydrogens (tertiary/aromatic N) is 2. The summed E-state index contributed by atoms with van der Waals surface area (Å²) in [6, 6.07) is 7.79. The Morgan fingerprint density at radius 3 is 2.68 bits per heavy atom. The molecule has 1 heterocycles. The lowest BCUT2D eigenvalue weighted by atomic mass is 10.0. The van der Waals surface area contributed by atoms with Crippen molar-refractivity contribution in [2.75, 3.05) is 0 Å². The molecule has 1 aromatic carbocycles. The van der Waals surface area contributed by atoms with E-state index in [9.17, 15) is 0 Å². The van der Waals surface area contributed by atoms with Crippen LogP contribution in [0.3, 0.4) is 0 Å². The minimum atomic E-state index is 0.121. The molecule has 0 fully saturated rings. The molecule has 19 heavy (non-hydrogen) atoms. The lowest BCUT2D eigenvalue weighted by Crippen LogP contribution is -2.21. The fraction of sp³-hybridized carbons (Fsp3) is 0.286. The zero-order valence-electron chi connectivity index (χ0n) is 10.7. The summed E-state index contributed by atoms with van der Waals surface area (Å²) in [4.78, 5) is 9.52. The highest BCUT2D eigenvalue weighted by Crippen LogP contribution is 2.32. The van der Waals surface area contributed by atoms with Crippen molar-refractivity contribution in [3.63, 3.8) is 0 Å². The topological polar surface area (TPSA) is 51.8 Å². The first kappa shape index (κ1) is 14.3. The molecule has 0 aliphatic carbocycles. The van der Waals surface area contributed by atoms with Gasteiger partial charge in [0.25, 0.3) is 0 Å². The van der Waals surface area contributed by atoms with Crippen LogP contribution in [0.1, 0.15) is 18.9 Å². The van der Waals surface area contributed by atoms with Crippen molar-refractivity contribution in [2.24, 2.45) is 5.73 Å². The summed E-state index contributed by atoms with van der Waals surface area (Å²) in [5, 5.41) is 1.47. The van der Waals surface area contributed by atoms with E-state index in [1.165, 1.54) is 11.8 Å². The maximum Gasteiger partial charge on any atom is 0.192 e. The Morgan fingerprint density at radius 2 is 2.00 bits per heavy atom. The Balaban J connectivity index is 2.27. The van der Waals surface area contributed by atoms with Gasteiger partial charge in [-0.05, 0) is 48.4 Å². The van der Waals surface area contributed by atoms with Gasteiger partial charge in [-0.15, -0.1) is 0 Å². The zero-order chi connectivity index (χ0) is 13.7. The molecule has 1 atom stereocenters. The number of benzene rings is 1. The van der Waals surface area contributed by atoms with Gasteiger partial charge in [0.05, 0.1) is 0 Å². The zero-order valence-corrected chi connectivity index (χ0v) is 12.3. The van der Waals surface area contributed by atoms with Gasteiger partial charge in [0.15, 0.2) is 5.16 Å². The van der Waals surface area contributed by atoms with Gasteiger partial charge in [0, 0.05) is 28.4 Å². The largest absolute Gasteiger partial charge is 0.327 e. The highest BCUT2D eigenvalue weighted by molar-refractivity contribution is 7.99. The van der Waals surface area contributed by atoms with Gasteiger partial charge in [-0.3, -0.25) is 0 Å². The highest BCUT2D eigenvalue weighted by atomic mass is 35.5. The molecule has 5 heteroatoms. The summed E-state index contributed by atoms with van der Waals surface area (Å²) in [6.07, 6.45) is 5.16. The van der Waals surface area contributed by atoms with Crippen molar-refractivity contribution in [1.29, 1.82) is 0 Å². The lowest BCUT2D eigenvalue weighted by Gasteiger charge is -2.14. The standard InChI is InChI=1S/C14H16ClN3S/c1-2-10(16)9-11-12(15)5-3-6-13(11)19-14-17-7-4-8-18-14/h3-8,10H,2,9,16H2,1H3. The quantitative estimate of drug-likeness (QED) is 0.857. The van der Waals surface area contributed by atoms with Crippen LogP contribution in [-0.4, -0.2) is 16.0 Å². The number of nitrogens with two attached hydrogens (primary N) is 1. The molecule has 0 saturated heterocycles. The van der Waals surface area contributed by atoms with E-state index in [-0.39, 0.29) is 6.04 Å². The Kier molecular flexibility index (Phi) is 5.19. The van der Waals surface area contributed by atoms with Crippen LogP contribution in [0.2, 0.25) is 5.02 Å². The van der Waals surface area contributed by atoms with Crippen molar-refractivity contribution < 1.29 is 0 Å². The molecular weight excluding hydrogens is 278 g/mol. The molecule has 2 rings (SSSR count). The minimum absolute atomic E-state index is 0.121. The van der Waals surface area contributed by atoms with E-state index in [1.807, 2.05) is 18.2 Å². The number of aromatic nitrogens is 2. The highest BCUT2D eigenvalue weighted by Gasteiger charge is 2.12. The van der Waals surface area contributed by atoms with Crippen LogP contribution in [0.4, 0.5) is 0 Å². The van der Waals surface area contributed by atoms with E-state index >= 15 is 0 Å². The third-order valence-corrected chi connectivity index (χ3v) is 4.16. The summed E-state index contributed by atoms with van der Waals surface area (Å²) in [6.45, 7) is 2.08. The number of hydrogen-bond acceptors (Lipinski definition) is 4. The Hall–Kier alpha value is -1.10. The average Bonchev–Trinajstić information content (AvgIpc) is 2.43. The predicted octanol–water partition coefficient (Wildman–Crippen LogP) is 3.56. The first-order valence-electron chi connectivity index (χ1n) is 6.18. The third-order valence-electron chi connectivity index (χ3n) is 2.81. The molecule has 3 nitrogen and oxygen atoms in total. The van der Waals surface area contributed by atoms with Gasteiger partial charge in [0.2, 0.25) is 0 Å². The lowest BCUT2D eigenvalue weighted by molar-refractivity contribution is 0.641.